The highest BCUT2D eigenvalue weighted by Gasteiger charge is 2.04. The molecule has 0 atom stereocenters. The summed E-state index contributed by atoms with van der Waals surface area (Å²) in [6, 6.07) is 20.2. The van der Waals surface area contributed by atoms with E-state index in [2.05, 4.69) is 5.32 Å². The van der Waals surface area contributed by atoms with E-state index in [0.717, 1.165) is 22.6 Å². The molecular weight excluding hydrogens is 333 g/mol. The minimum absolute atomic E-state index is 0.138. The largest absolute Gasteiger partial charge is 0.545 e. The zero-order chi connectivity index (χ0) is 18.4. The number of halogens is 1. The van der Waals surface area contributed by atoms with Gasteiger partial charge in [0.1, 0.15) is 18.2 Å². The maximum absolute atomic E-state index is 13.0. The van der Waals surface area contributed by atoms with Gasteiger partial charge in [0.25, 0.3) is 0 Å². The maximum Gasteiger partial charge on any atom is 0.124 e. The lowest BCUT2D eigenvalue weighted by atomic mass is 10.1. The van der Waals surface area contributed by atoms with E-state index < -0.39 is 5.97 Å². The Labute approximate surface area is 150 Å². The molecular formula is C21H17FNO3-. The van der Waals surface area contributed by atoms with E-state index in [0.29, 0.717) is 13.2 Å². The van der Waals surface area contributed by atoms with Gasteiger partial charge in [0.05, 0.1) is 5.97 Å². The monoisotopic (exact) mass is 350 g/mol. The van der Waals surface area contributed by atoms with Gasteiger partial charge in [-0.3, -0.25) is 0 Å². The van der Waals surface area contributed by atoms with Crippen molar-refractivity contribution in [2.75, 3.05) is 5.32 Å². The van der Waals surface area contributed by atoms with Crippen molar-refractivity contribution in [2.45, 2.75) is 13.2 Å². The van der Waals surface area contributed by atoms with Crippen LogP contribution in [-0.2, 0) is 13.2 Å². The Morgan fingerprint density at radius 1 is 0.962 bits per heavy atom. The Morgan fingerprint density at radius 3 is 2.35 bits per heavy atom. The highest BCUT2D eigenvalue weighted by molar-refractivity contribution is 5.86. The van der Waals surface area contributed by atoms with Gasteiger partial charge in [-0.2, -0.15) is 0 Å². The summed E-state index contributed by atoms with van der Waals surface area (Å²) in [6.07, 6.45) is 0. The van der Waals surface area contributed by atoms with Gasteiger partial charge < -0.3 is 20.0 Å². The molecule has 0 bridgehead atoms. The van der Waals surface area contributed by atoms with E-state index in [1.165, 1.54) is 24.3 Å². The molecule has 4 nitrogen and oxygen atoms in total. The fourth-order valence-electron chi connectivity index (χ4n) is 2.45. The van der Waals surface area contributed by atoms with Crippen LogP contribution in [0.25, 0.3) is 0 Å². The molecule has 3 aromatic rings. The van der Waals surface area contributed by atoms with Crippen molar-refractivity contribution in [1.82, 2.24) is 0 Å². The molecule has 0 fully saturated rings. The molecule has 0 aliphatic heterocycles. The van der Waals surface area contributed by atoms with E-state index in [4.69, 9.17) is 4.74 Å². The molecule has 3 aromatic carbocycles. The topological polar surface area (TPSA) is 61.4 Å². The average molecular weight is 350 g/mol. The molecule has 0 amide bonds. The first-order valence-corrected chi connectivity index (χ1v) is 8.12. The lowest BCUT2D eigenvalue weighted by Crippen LogP contribution is -2.21. The third kappa shape index (κ3) is 4.60. The zero-order valence-corrected chi connectivity index (χ0v) is 13.9. The summed E-state index contributed by atoms with van der Waals surface area (Å²) in [5.41, 5.74) is 2.77. The number of hydrogen-bond donors (Lipinski definition) is 1. The van der Waals surface area contributed by atoms with Crippen LogP contribution >= 0.6 is 0 Å². The Hall–Kier alpha value is -3.34. The van der Waals surface area contributed by atoms with Crippen LogP contribution in [0.4, 0.5) is 10.1 Å². The predicted molar refractivity (Wildman–Crippen MR) is 95.3 cm³/mol. The van der Waals surface area contributed by atoms with Gasteiger partial charge in [0.15, 0.2) is 0 Å². The van der Waals surface area contributed by atoms with Gasteiger partial charge in [-0.15, -0.1) is 0 Å². The maximum atomic E-state index is 13.0. The summed E-state index contributed by atoms with van der Waals surface area (Å²) < 4.78 is 18.8. The van der Waals surface area contributed by atoms with Crippen molar-refractivity contribution < 1.29 is 19.0 Å². The molecule has 0 saturated heterocycles. The zero-order valence-electron chi connectivity index (χ0n) is 13.9. The second-order valence-corrected chi connectivity index (χ2v) is 5.74. The van der Waals surface area contributed by atoms with Gasteiger partial charge in [-0.1, -0.05) is 42.5 Å². The first-order chi connectivity index (χ1) is 12.6. The summed E-state index contributed by atoms with van der Waals surface area (Å²) in [7, 11) is 0. The molecule has 0 aromatic heterocycles. The first-order valence-electron chi connectivity index (χ1n) is 8.12. The lowest BCUT2D eigenvalue weighted by Gasteiger charge is -2.13. The minimum Gasteiger partial charge on any atom is -0.545 e. The van der Waals surface area contributed by atoms with Crippen LogP contribution in [0.5, 0.6) is 5.75 Å². The molecule has 5 heteroatoms. The number of rotatable bonds is 7. The molecule has 0 radical (unpaired) electrons. The smallest absolute Gasteiger partial charge is 0.124 e. The summed E-state index contributed by atoms with van der Waals surface area (Å²) in [5, 5.41) is 14.0. The van der Waals surface area contributed by atoms with Crippen molar-refractivity contribution in [2.24, 2.45) is 0 Å². The van der Waals surface area contributed by atoms with E-state index in [1.54, 1.807) is 24.3 Å². The highest BCUT2D eigenvalue weighted by atomic mass is 19.1. The fraction of sp³-hybridized carbons (Fsp3) is 0.0952. The molecule has 132 valence electrons. The SMILES string of the molecule is O=C([O-])c1ccc(NCc2ccccc2OCc2ccc(F)cc2)cc1. The number of benzene rings is 3. The number of nitrogens with one attached hydrogen (secondary N) is 1. The van der Waals surface area contributed by atoms with E-state index in [9.17, 15) is 14.3 Å². The van der Waals surface area contributed by atoms with Crippen LogP contribution in [0.3, 0.4) is 0 Å². The van der Waals surface area contributed by atoms with E-state index >= 15 is 0 Å². The Bertz CT molecular complexity index is 877. The molecule has 0 spiro atoms. The number of anilines is 1. The number of carbonyl (C=O) groups excluding carboxylic acids is 1. The molecule has 0 aliphatic rings. The molecule has 0 heterocycles. The standard InChI is InChI=1S/C21H18FNO3/c22-18-9-5-15(6-10-18)14-26-20-4-2-1-3-17(20)13-23-19-11-7-16(8-12-19)21(24)25/h1-12,23H,13-14H2,(H,24,25)/p-1. The van der Waals surface area contributed by atoms with Crippen LogP contribution in [0, 0.1) is 5.82 Å². The summed E-state index contributed by atoms with van der Waals surface area (Å²) in [4.78, 5) is 10.8. The molecule has 3 rings (SSSR count). The van der Waals surface area contributed by atoms with Crippen LogP contribution in [0.2, 0.25) is 0 Å². The van der Waals surface area contributed by atoms with Gasteiger partial charge in [0, 0.05) is 17.8 Å². The fourth-order valence-corrected chi connectivity index (χ4v) is 2.45. The molecule has 0 saturated carbocycles. The van der Waals surface area contributed by atoms with Gasteiger partial charge >= 0.3 is 0 Å². The summed E-state index contributed by atoms with van der Waals surface area (Å²) in [5.74, 6) is -0.741. The number of hydrogen-bond acceptors (Lipinski definition) is 4. The van der Waals surface area contributed by atoms with Crippen LogP contribution in [0.1, 0.15) is 21.5 Å². The van der Waals surface area contributed by atoms with Gasteiger partial charge in [-0.05, 0) is 41.5 Å². The molecule has 0 unspecified atom stereocenters. The average Bonchev–Trinajstić information content (AvgIpc) is 2.67. The molecule has 26 heavy (non-hydrogen) atoms. The summed E-state index contributed by atoms with van der Waals surface area (Å²) >= 11 is 0. The predicted octanol–water partition coefficient (Wildman–Crippen LogP) is 3.38. The normalized spacial score (nSPS) is 10.3. The van der Waals surface area contributed by atoms with Gasteiger partial charge in [0.2, 0.25) is 0 Å². The van der Waals surface area contributed by atoms with Crippen molar-refractivity contribution in [3.05, 3.63) is 95.3 Å². The van der Waals surface area contributed by atoms with Crippen molar-refractivity contribution in [3.8, 4) is 5.75 Å². The summed E-state index contributed by atoms with van der Waals surface area (Å²) in [6.45, 7) is 0.863. The number of carboxylic acids is 1. The van der Waals surface area contributed by atoms with E-state index in [1.807, 2.05) is 24.3 Å². The highest BCUT2D eigenvalue weighted by Crippen LogP contribution is 2.21. The Kier molecular flexibility index (Phi) is 5.49. The Balaban J connectivity index is 1.63. The number of ether oxygens (including phenoxy) is 1. The quantitative estimate of drug-likeness (QED) is 0.710. The number of para-hydroxylation sites is 1. The Morgan fingerprint density at radius 2 is 1.65 bits per heavy atom. The third-order valence-electron chi connectivity index (χ3n) is 3.88. The third-order valence-corrected chi connectivity index (χ3v) is 3.88. The second kappa shape index (κ2) is 8.16. The van der Waals surface area contributed by atoms with Crippen LogP contribution < -0.4 is 15.2 Å². The van der Waals surface area contributed by atoms with E-state index in [-0.39, 0.29) is 11.4 Å². The van der Waals surface area contributed by atoms with Gasteiger partial charge in [-0.25, -0.2) is 4.39 Å². The van der Waals surface area contributed by atoms with Crippen LogP contribution in [-0.4, -0.2) is 5.97 Å². The number of aromatic carboxylic acids is 1. The second-order valence-electron chi connectivity index (χ2n) is 5.74. The molecule has 1 N–H and O–H groups in total. The van der Waals surface area contributed by atoms with Crippen molar-refractivity contribution >= 4 is 11.7 Å². The first kappa shape index (κ1) is 17.5. The van der Waals surface area contributed by atoms with Crippen molar-refractivity contribution in [1.29, 1.82) is 0 Å². The molecule has 0 aliphatic carbocycles. The number of carboxylic acid groups (broad SMARTS) is 1. The van der Waals surface area contributed by atoms with Crippen LogP contribution in [0.15, 0.2) is 72.8 Å². The van der Waals surface area contributed by atoms with Crippen molar-refractivity contribution in [3.63, 3.8) is 0 Å². The number of carbonyl (C=O) groups is 1. The lowest BCUT2D eigenvalue weighted by molar-refractivity contribution is -0.255. The minimum atomic E-state index is -1.20.